The minimum atomic E-state index is -0.151. The first-order valence-electron chi connectivity index (χ1n) is 9.89. The van der Waals surface area contributed by atoms with E-state index in [1.54, 1.807) is 0 Å². The van der Waals surface area contributed by atoms with Crippen LogP contribution < -0.4 is 10.6 Å². The van der Waals surface area contributed by atoms with Crippen LogP contribution in [0.1, 0.15) is 72.1 Å². The average molecular weight is 377 g/mol. The van der Waals surface area contributed by atoms with E-state index in [0.717, 1.165) is 43.6 Å². The number of rotatable bonds is 8. The molecule has 0 atom stereocenters. The molecule has 3 N–H and O–H groups in total. The zero-order chi connectivity index (χ0) is 20.0. The molecule has 0 unspecified atom stereocenters. The van der Waals surface area contributed by atoms with Gasteiger partial charge in [0, 0.05) is 36.9 Å². The zero-order valence-electron chi connectivity index (χ0n) is 16.9. The third-order valence-corrected chi connectivity index (χ3v) is 5.09. The smallest absolute Gasteiger partial charge is 0.268 e. The van der Waals surface area contributed by atoms with Crippen molar-refractivity contribution in [2.75, 3.05) is 26.2 Å². The normalized spacial score (nSPS) is 15.6. The van der Waals surface area contributed by atoms with Gasteiger partial charge in [-0.3, -0.25) is 19.3 Å². The highest BCUT2D eigenvalue weighted by molar-refractivity contribution is 6.02. The molecule has 150 valence electrons. The Morgan fingerprint density at radius 2 is 1.85 bits per heavy atom. The molecule has 2 rings (SSSR count). The van der Waals surface area contributed by atoms with Crippen LogP contribution in [-0.2, 0) is 11.2 Å². The molecule has 0 saturated carbocycles. The number of likely N-dealkylation sites (tertiary alicyclic amines) is 1. The molecule has 0 aliphatic carbocycles. The zero-order valence-corrected chi connectivity index (χ0v) is 16.9. The number of Topliss-reactive ketones (excluding diaryl/α,β-unsaturated/α-hetero) is 1. The maximum absolute atomic E-state index is 12.7. The Morgan fingerprint density at radius 3 is 2.41 bits per heavy atom. The third-order valence-electron chi connectivity index (χ3n) is 5.09. The summed E-state index contributed by atoms with van der Waals surface area (Å²) in [5.74, 6) is -0.110. The van der Waals surface area contributed by atoms with Gasteiger partial charge in [0.1, 0.15) is 5.69 Å². The van der Waals surface area contributed by atoms with E-state index in [4.69, 9.17) is 0 Å². The molecule has 1 aromatic heterocycles. The van der Waals surface area contributed by atoms with Crippen molar-refractivity contribution in [3.63, 3.8) is 0 Å². The third kappa shape index (κ3) is 5.42. The molecule has 1 aliphatic heterocycles. The van der Waals surface area contributed by atoms with E-state index >= 15 is 0 Å². The molecule has 7 heteroatoms. The van der Waals surface area contributed by atoms with Gasteiger partial charge in [-0.25, -0.2) is 0 Å². The van der Waals surface area contributed by atoms with Crippen LogP contribution in [0, 0.1) is 6.92 Å². The van der Waals surface area contributed by atoms with Gasteiger partial charge in [0.05, 0.1) is 6.54 Å². The van der Waals surface area contributed by atoms with E-state index in [2.05, 4.69) is 20.5 Å². The molecule has 0 aromatic carbocycles. The Kier molecular flexibility index (Phi) is 7.59. The molecule has 0 radical (unpaired) electrons. The largest absolute Gasteiger partial charge is 0.355 e. The van der Waals surface area contributed by atoms with E-state index in [9.17, 15) is 14.4 Å². The fraction of sp³-hybridized carbons (Fsp3) is 0.650. The summed E-state index contributed by atoms with van der Waals surface area (Å²) in [6.07, 6.45) is 3.19. The van der Waals surface area contributed by atoms with Crippen LogP contribution in [0.2, 0.25) is 0 Å². The van der Waals surface area contributed by atoms with Crippen LogP contribution in [0.4, 0.5) is 0 Å². The van der Waals surface area contributed by atoms with Crippen molar-refractivity contribution in [3.05, 3.63) is 22.5 Å². The Hall–Kier alpha value is -2.15. The van der Waals surface area contributed by atoms with E-state index in [1.807, 2.05) is 20.8 Å². The Bertz CT molecular complexity index is 688. The summed E-state index contributed by atoms with van der Waals surface area (Å²) in [6.45, 7) is 10.0. The number of carbonyl (C=O) groups is 3. The number of amides is 2. The van der Waals surface area contributed by atoms with Gasteiger partial charge in [0.2, 0.25) is 5.91 Å². The maximum atomic E-state index is 12.7. The van der Waals surface area contributed by atoms with Gasteiger partial charge < -0.3 is 15.6 Å². The number of nitrogens with one attached hydrogen (secondary N) is 3. The fourth-order valence-electron chi connectivity index (χ4n) is 3.72. The van der Waals surface area contributed by atoms with E-state index in [1.165, 1.54) is 6.92 Å². The molecular formula is C20H32N4O3. The first kappa shape index (κ1) is 21.2. The van der Waals surface area contributed by atoms with Crippen molar-refractivity contribution >= 4 is 17.6 Å². The summed E-state index contributed by atoms with van der Waals surface area (Å²) in [5, 5.41) is 5.98. The molecule has 2 amide bonds. The molecule has 0 bridgehead atoms. The molecule has 7 nitrogen and oxygen atoms in total. The standard InChI is InChI=1S/C20H32N4O3/c1-5-9-21-17(26)12-24-10-7-15(8-11-24)23-20(27)19-16(6-2)18(14(4)25)13(3)22-19/h15,22H,5-12H2,1-4H3,(H,21,26)(H,23,27). The van der Waals surface area contributed by atoms with Gasteiger partial charge in [-0.1, -0.05) is 13.8 Å². The number of hydrogen-bond donors (Lipinski definition) is 3. The second-order valence-electron chi connectivity index (χ2n) is 7.26. The number of nitrogens with zero attached hydrogens (tertiary/aromatic N) is 1. The average Bonchev–Trinajstić information content (AvgIpc) is 2.98. The maximum Gasteiger partial charge on any atom is 0.268 e. The Balaban J connectivity index is 1.90. The number of piperidine rings is 1. The second-order valence-corrected chi connectivity index (χ2v) is 7.26. The summed E-state index contributed by atoms with van der Waals surface area (Å²) in [6, 6.07) is 0.0848. The van der Waals surface area contributed by atoms with E-state index < -0.39 is 0 Å². The van der Waals surface area contributed by atoms with Crippen molar-refractivity contribution in [1.82, 2.24) is 20.5 Å². The number of aryl methyl sites for hydroxylation is 1. The topological polar surface area (TPSA) is 94.3 Å². The van der Waals surface area contributed by atoms with E-state index in [-0.39, 0.29) is 23.6 Å². The number of ketones is 1. The van der Waals surface area contributed by atoms with Crippen LogP contribution in [-0.4, -0.2) is 59.7 Å². The van der Waals surface area contributed by atoms with Gasteiger partial charge in [0.15, 0.2) is 5.78 Å². The van der Waals surface area contributed by atoms with Crippen molar-refractivity contribution in [3.8, 4) is 0 Å². The first-order chi connectivity index (χ1) is 12.9. The minimum Gasteiger partial charge on any atom is -0.355 e. The van der Waals surface area contributed by atoms with Crippen LogP contribution in [0.15, 0.2) is 0 Å². The van der Waals surface area contributed by atoms with Crippen molar-refractivity contribution in [2.24, 2.45) is 0 Å². The molecule has 1 fully saturated rings. The highest BCUT2D eigenvalue weighted by Gasteiger charge is 2.26. The molecule has 27 heavy (non-hydrogen) atoms. The highest BCUT2D eigenvalue weighted by atomic mass is 16.2. The second kappa shape index (κ2) is 9.69. The predicted molar refractivity (Wildman–Crippen MR) is 105 cm³/mol. The lowest BCUT2D eigenvalue weighted by Gasteiger charge is -2.31. The summed E-state index contributed by atoms with van der Waals surface area (Å²) < 4.78 is 0. The van der Waals surface area contributed by atoms with Crippen LogP contribution in [0.5, 0.6) is 0 Å². The van der Waals surface area contributed by atoms with Crippen molar-refractivity contribution in [1.29, 1.82) is 0 Å². The number of hydrogen-bond acceptors (Lipinski definition) is 4. The van der Waals surface area contributed by atoms with Crippen molar-refractivity contribution in [2.45, 2.75) is 59.4 Å². The van der Waals surface area contributed by atoms with Gasteiger partial charge in [-0.15, -0.1) is 0 Å². The SMILES string of the molecule is CCCNC(=O)CN1CCC(NC(=O)c2[nH]c(C)c(C(C)=O)c2CC)CC1. The van der Waals surface area contributed by atoms with E-state index in [0.29, 0.717) is 30.8 Å². The lowest BCUT2D eigenvalue weighted by molar-refractivity contribution is -0.122. The lowest BCUT2D eigenvalue weighted by Crippen LogP contribution is -2.47. The molecule has 1 aliphatic rings. The lowest BCUT2D eigenvalue weighted by atomic mass is 10.0. The number of aromatic amines is 1. The summed E-state index contributed by atoms with van der Waals surface area (Å²) >= 11 is 0. The number of H-pyrrole nitrogens is 1. The number of aromatic nitrogens is 1. The summed E-state index contributed by atoms with van der Waals surface area (Å²) in [5.41, 5.74) is 2.68. The first-order valence-corrected chi connectivity index (χ1v) is 9.89. The summed E-state index contributed by atoms with van der Waals surface area (Å²) in [7, 11) is 0. The predicted octanol–water partition coefficient (Wildman–Crippen LogP) is 1.81. The summed E-state index contributed by atoms with van der Waals surface area (Å²) in [4.78, 5) is 41.6. The van der Waals surface area contributed by atoms with Gasteiger partial charge in [-0.2, -0.15) is 0 Å². The molecule has 2 heterocycles. The minimum absolute atomic E-state index is 0.0192. The van der Waals surface area contributed by atoms with Crippen molar-refractivity contribution < 1.29 is 14.4 Å². The monoisotopic (exact) mass is 376 g/mol. The molecular weight excluding hydrogens is 344 g/mol. The Morgan fingerprint density at radius 1 is 1.19 bits per heavy atom. The fourth-order valence-corrected chi connectivity index (χ4v) is 3.72. The Labute approximate surface area is 161 Å². The van der Waals surface area contributed by atoms with Crippen LogP contribution in [0.3, 0.4) is 0 Å². The number of carbonyl (C=O) groups excluding carboxylic acids is 3. The van der Waals surface area contributed by atoms with Crippen LogP contribution >= 0.6 is 0 Å². The molecule has 1 aromatic rings. The molecule has 0 spiro atoms. The van der Waals surface area contributed by atoms with Gasteiger partial charge in [-0.05, 0) is 45.1 Å². The molecule has 1 saturated heterocycles. The van der Waals surface area contributed by atoms with Gasteiger partial charge >= 0.3 is 0 Å². The van der Waals surface area contributed by atoms with Gasteiger partial charge in [0.25, 0.3) is 5.91 Å². The van der Waals surface area contributed by atoms with Crippen LogP contribution in [0.25, 0.3) is 0 Å². The highest BCUT2D eigenvalue weighted by Crippen LogP contribution is 2.21. The quantitative estimate of drug-likeness (QED) is 0.603.